The predicted octanol–water partition coefficient (Wildman–Crippen LogP) is 2.09. The van der Waals surface area contributed by atoms with Gasteiger partial charge in [-0.25, -0.2) is 4.98 Å². The minimum Gasteiger partial charge on any atom is -0.450 e. The van der Waals surface area contributed by atoms with Crippen molar-refractivity contribution in [1.82, 2.24) is 15.3 Å². The topological polar surface area (TPSA) is 70.9 Å². The van der Waals surface area contributed by atoms with Gasteiger partial charge in [0.2, 0.25) is 5.91 Å². The molecule has 0 bridgehead atoms. The quantitative estimate of drug-likeness (QED) is 0.849. The van der Waals surface area contributed by atoms with Gasteiger partial charge in [0.05, 0.1) is 18.6 Å². The Hall–Kier alpha value is -1.82. The molecule has 88 valence electrons. The summed E-state index contributed by atoms with van der Waals surface area (Å²) >= 11 is 3.18. The standard InChI is InChI=1S/C11H10BrN3O2/c12-10-3-1-9(17-10)2-4-11(16)14-6-8-5-13-7-15-8/h1-5,7H,6H2,(H,13,15)(H,14,16). The third-order valence-corrected chi connectivity index (χ3v) is 2.43. The van der Waals surface area contributed by atoms with E-state index in [1.54, 1.807) is 30.7 Å². The highest BCUT2D eigenvalue weighted by Gasteiger charge is 1.99. The van der Waals surface area contributed by atoms with Gasteiger partial charge in [0.15, 0.2) is 4.67 Å². The van der Waals surface area contributed by atoms with Gasteiger partial charge in [-0.15, -0.1) is 0 Å². The van der Waals surface area contributed by atoms with Crippen LogP contribution in [0.3, 0.4) is 0 Å². The molecule has 0 fully saturated rings. The zero-order valence-corrected chi connectivity index (χ0v) is 10.4. The van der Waals surface area contributed by atoms with Crippen LogP contribution in [0, 0.1) is 0 Å². The number of hydrogen-bond donors (Lipinski definition) is 2. The van der Waals surface area contributed by atoms with E-state index < -0.39 is 0 Å². The van der Waals surface area contributed by atoms with Crippen molar-refractivity contribution in [3.05, 3.63) is 46.9 Å². The van der Waals surface area contributed by atoms with E-state index in [2.05, 4.69) is 31.2 Å². The largest absolute Gasteiger partial charge is 0.450 e. The minimum absolute atomic E-state index is 0.188. The minimum atomic E-state index is -0.188. The summed E-state index contributed by atoms with van der Waals surface area (Å²) in [7, 11) is 0. The Bertz CT molecular complexity index is 517. The second-order valence-electron chi connectivity index (χ2n) is 3.27. The molecule has 0 aliphatic heterocycles. The predicted molar refractivity (Wildman–Crippen MR) is 65.9 cm³/mol. The smallest absolute Gasteiger partial charge is 0.244 e. The highest BCUT2D eigenvalue weighted by molar-refractivity contribution is 9.10. The van der Waals surface area contributed by atoms with Crippen molar-refractivity contribution >= 4 is 27.9 Å². The maximum absolute atomic E-state index is 11.4. The van der Waals surface area contributed by atoms with Crippen LogP contribution in [0.1, 0.15) is 11.5 Å². The summed E-state index contributed by atoms with van der Waals surface area (Å²) in [5.74, 6) is 0.431. The first-order chi connectivity index (χ1) is 8.24. The molecule has 5 nitrogen and oxygen atoms in total. The summed E-state index contributed by atoms with van der Waals surface area (Å²) in [6.45, 7) is 0.422. The number of aromatic amines is 1. The second-order valence-corrected chi connectivity index (χ2v) is 4.05. The van der Waals surface area contributed by atoms with Crippen LogP contribution in [-0.4, -0.2) is 15.9 Å². The molecule has 1 amide bonds. The highest BCUT2D eigenvalue weighted by Crippen LogP contribution is 2.14. The Morgan fingerprint density at radius 3 is 3.12 bits per heavy atom. The summed E-state index contributed by atoms with van der Waals surface area (Å²) in [6, 6.07) is 3.53. The van der Waals surface area contributed by atoms with Crippen molar-refractivity contribution in [2.24, 2.45) is 0 Å². The number of hydrogen-bond acceptors (Lipinski definition) is 3. The maximum atomic E-state index is 11.4. The molecule has 2 heterocycles. The fourth-order valence-electron chi connectivity index (χ4n) is 1.20. The van der Waals surface area contributed by atoms with Crippen molar-refractivity contribution in [3.63, 3.8) is 0 Å². The zero-order valence-electron chi connectivity index (χ0n) is 8.81. The number of carbonyl (C=O) groups is 1. The van der Waals surface area contributed by atoms with Crippen molar-refractivity contribution in [2.75, 3.05) is 0 Å². The van der Waals surface area contributed by atoms with Crippen LogP contribution in [0.2, 0.25) is 0 Å². The fourth-order valence-corrected chi connectivity index (χ4v) is 1.52. The number of H-pyrrole nitrogens is 1. The molecule has 0 aliphatic carbocycles. The molecular formula is C11H10BrN3O2. The zero-order chi connectivity index (χ0) is 12.1. The van der Waals surface area contributed by atoms with Crippen LogP contribution < -0.4 is 5.32 Å². The Balaban J connectivity index is 1.83. The molecule has 0 unspecified atom stereocenters. The summed E-state index contributed by atoms with van der Waals surface area (Å²) in [4.78, 5) is 18.2. The molecule has 2 N–H and O–H groups in total. The van der Waals surface area contributed by atoms with Crippen LogP contribution in [0.5, 0.6) is 0 Å². The average molecular weight is 296 g/mol. The molecule has 6 heteroatoms. The van der Waals surface area contributed by atoms with Gasteiger partial charge in [-0.2, -0.15) is 0 Å². The van der Waals surface area contributed by atoms with Crippen molar-refractivity contribution in [1.29, 1.82) is 0 Å². The van der Waals surface area contributed by atoms with E-state index in [0.29, 0.717) is 17.0 Å². The number of imidazole rings is 1. The van der Waals surface area contributed by atoms with E-state index >= 15 is 0 Å². The first-order valence-electron chi connectivity index (χ1n) is 4.92. The lowest BCUT2D eigenvalue weighted by Gasteiger charge is -1.98. The molecule has 0 aliphatic rings. The Morgan fingerprint density at radius 2 is 2.47 bits per heavy atom. The molecule has 0 atom stereocenters. The van der Waals surface area contributed by atoms with E-state index in [9.17, 15) is 4.79 Å². The molecule has 0 aromatic carbocycles. The molecule has 0 saturated heterocycles. The summed E-state index contributed by atoms with van der Waals surface area (Å²) in [5.41, 5.74) is 0.854. The van der Waals surface area contributed by atoms with Crippen LogP contribution in [-0.2, 0) is 11.3 Å². The first kappa shape index (κ1) is 11.7. The number of nitrogens with one attached hydrogen (secondary N) is 2. The molecule has 17 heavy (non-hydrogen) atoms. The lowest BCUT2D eigenvalue weighted by molar-refractivity contribution is -0.116. The van der Waals surface area contributed by atoms with E-state index in [1.807, 2.05) is 0 Å². The van der Waals surface area contributed by atoms with Gasteiger partial charge >= 0.3 is 0 Å². The lowest BCUT2D eigenvalue weighted by Crippen LogP contribution is -2.20. The molecule has 0 spiro atoms. The van der Waals surface area contributed by atoms with Gasteiger partial charge < -0.3 is 14.7 Å². The Labute approximate surface area is 106 Å². The van der Waals surface area contributed by atoms with Crippen LogP contribution in [0.15, 0.2) is 39.8 Å². The van der Waals surface area contributed by atoms with E-state index in [-0.39, 0.29) is 5.91 Å². The summed E-state index contributed by atoms with van der Waals surface area (Å²) in [5, 5.41) is 2.71. The number of furan rings is 1. The molecule has 0 saturated carbocycles. The highest BCUT2D eigenvalue weighted by atomic mass is 79.9. The Morgan fingerprint density at radius 1 is 1.59 bits per heavy atom. The van der Waals surface area contributed by atoms with E-state index in [4.69, 9.17) is 4.42 Å². The maximum Gasteiger partial charge on any atom is 0.244 e. The van der Waals surface area contributed by atoms with Gasteiger partial charge in [-0.3, -0.25) is 4.79 Å². The third-order valence-electron chi connectivity index (χ3n) is 2.00. The average Bonchev–Trinajstić information content (AvgIpc) is 2.95. The summed E-state index contributed by atoms with van der Waals surface area (Å²) in [6.07, 6.45) is 6.25. The SMILES string of the molecule is O=C(C=Cc1ccc(Br)o1)NCc1cnc[nH]1. The van der Waals surface area contributed by atoms with Crippen molar-refractivity contribution in [2.45, 2.75) is 6.54 Å². The van der Waals surface area contributed by atoms with Crippen LogP contribution in [0.25, 0.3) is 6.08 Å². The van der Waals surface area contributed by atoms with Crippen LogP contribution in [0.4, 0.5) is 0 Å². The third kappa shape index (κ3) is 3.60. The van der Waals surface area contributed by atoms with Crippen molar-refractivity contribution < 1.29 is 9.21 Å². The number of amides is 1. The van der Waals surface area contributed by atoms with Crippen molar-refractivity contribution in [3.8, 4) is 0 Å². The normalized spacial score (nSPS) is 10.9. The van der Waals surface area contributed by atoms with Gasteiger partial charge in [0.25, 0.3) is 0 Å². The second kappa shape index (κ2) is 5.49. The number of rotatable bonds is 4. The monoisotopic (exact) mass is 295 g/mol. The number of nitrogens with zero attached hydrogens (tertiary/aromatic N) is 1. The number of carbonyl (C=O) groups excluding carboxylic acids is 1. The van der Waals surface area contributed by atoms with Gasteiger partial charge in [0, 0.05) is 12.3 Å². The molecule has 0 radical (unpaired) electrons. The molecule has 2 aromatic rings. The number of halogens is 1. The molecule has 2 rings (SSSR count). The van der Waals surface area contributed by atoms with E-state index in [1.165, 1.54) is 6.08 Å². The molecule has 2 aromatic heterocycles. The van der Waals surface area contributed by atoms with Gasteiger partial charge in [0.1, 0.15) is 5.76 Å². The van der Waals surface area contributed by atoms with E-state index in [0.717, 1.165) is 5.69 Å². The van der Waals surface area contributed by atoms with Crippen LogP contribution >= 0.6 is 15.9 Å². The lowest BCUT2D eigenvalue weighted by atomic mass is 10.4. The van der Waals surface area contributed by atoms with Gasteiger partial charge in [-0.1, -0.05) is 0 Å². The summed E-state index contributed by atoms with van der Waals surface area (Å²) < 4.78 is 5.85. The fraction of sp³-hybridized carbons (Fsp3) is 0.0909. The number of aromatic nitrogens is 2. The van der Waals surface area contributed by atoms with Gasteiger partial charge in [-0.05, 0) is 34.1 Å². The first-order valence-corrected chi connectivity index (χ1v) is 5.72. The Kier molecular flexibility index (Phi) is 3.77. The molecular weight excluding hydrogens is 286 g/mol.